The number of nitrogens with zero attached hydrogens (tertiary/aromatic N) is 2. The molecular weight excluding hydrogens is 925 g/mol. The van der Waals surface area contributed by atoms with Crippen LogP contribution in [-0.4, -0.2) is 30.5 Å². The molecular formula is C49H36BF14N2O2-. The fourth-order valence-electron chi connectivity index (χ4n) is 9.45. The van der Waals surface area contributed by atoms with Crippen molar-refractivity contribution in [2.24, 2.45) is 0 Å². The fraction of sp³-hybridized carbons (Fsp3) is 0.224. The van der Waals surface area contributed by atoms with Crippen LogP contribution in [0.3, 0.4) is 0 Å². The number of hydrogen-bond acceptors (Lipinski definition) is 3. The summed E-state index contributed by atoms with van der Waals surface area (Å²) in [6.07, 6.45) is -20.5. The number of fused-ring (bicyclic) bond motifs is 2. The maximum atomic E-state index is 18.9. The number of aromatic nitrogens is 1. The minimum Gasteiger partial charge on any atom is -0.497 e. The summed E-state index contributed by atoms with van der Waals surface area (Å²) in [5, 5.41) is 0. The zero-order valence-corrected chi connectivity index (χ0v) is 36.5. The number of methoxy groups -OCH3 is 2. The van der Waals surface area contributed by atoms with Gasteiger partial charge in [0.25, 0.3) is 0 Å². The second-order valence-corrected chi connectivity index (χ2v) is 16.9. The predicted octanol–water partition coefficient (Wildman–Crippen LogP) is 15.2. The molecule has 0 spiro atoms. The summed E-state index contributed by atoms with van der Waals surface area (Å²) in [4.78, 5) is 0.572. The number of hydrogen-bond donors (Lipinski definition) is 0. The van der Waals surface area contributed by atoms with Gasteiger partial charge in [0, 0.05) is 33.8 Å². The van der Waals surface area contributed by atoms with E-state index in [0.29, 0.717) is 50.2 Å². The van der Waals surface area contributed by atoms with Crippen LogP contribution < -0.4 is 9.47 Å². The van der Waals surface area contributed by atoms with Crippen molar-refractivity contribution in [3.8, 4) is 33.9 Å². The van der Waals surface area contributed by atoms with Crippen LogP contribution in [0.25, 0.3) is 33.5 Å². The van der Waals surface area contributed by atoms with Crippen molar-refractivity contribution in [3.63, 3.8) is 0 Å². The lowest BCUT2D eigenvalue weighted by Crippen LogP contribution is -2.60. The Balaban J connectivity index is 1.64. The summed E-state index contributed by atoms with van der Waals surface area (Å²) < 4.78 is 224. The molecule has 2 aliphatic heterocycles. The Kier molecular flexibility index (Phi) is 11.2. The molecule has 0 aliphatic carbocycles. The summed E-state index contributed by atoms with van der Waals surface area (Å²) in [7, 11) is 2.64. The highest BCUT2D eigenvalue weighted by atomic mass is 19.4. The van der Waals surface area contributed by atoms with Crippen LogP contribution in [-0.2, 0) is 30.2 Å². The summed E-state index contributed by atoms with van der Waals surface area (Å²) in [5.41, 5.74) is -12.8. The molecule has 356 valence electrons. The molecule has 0 saturated carbocycles. The number of allylic oxidation sites excluding steroid dienone is 1. The zero-order valence-electron chi connectivity index (χ0n) is 36.5. The quantitative estimate of drug-likeness (QED) is 0.118. The van der Waals surface area contributed by atoms with Crippen LogP contribution in [0.1, 0.15) is 68.3 Å². The summed E-state index contributed by atoms with van der Waals surface area (Å²) in [5.74, 6) is 0.502. The first kappa shape index (κ1) is 47.8. The lowest BCUT2D eigenvalue weighted by Gasteiger charge is -2.54. The molecule has 0 saturated heterocycles. The second kappa shape index (κ2) is 16.0. The third-order valence-corrected chi connectivity index (χ3v) is 12.3. The van der Waals surface area contributed by atoms with E-state index in [1.165, 1.54) is 69.7 Å². The molecule has 1 aromatic heterocycles. The average Bonchev–Trinajstić information content (AvgIpc) is 3.82. The molecule has 6 aromatic rings. The number of halogens is 14. The van der Waals surface area contributed by atoms with Crippen molar-refractivity contribution in [2.45, 2.75) is 57.9 Å². The first-order valence-electron chi connectivity index (χ1n) is 20.5. The Morgan fingerprint density at radius 1 is 0.529 bits per heavy atom. The molecule has 0 bridgehead atoms. The van der Waals surface area contributed by atoms with Gasteiger partial charge in [-0.3, -0.25) is 0 Å². The van der Waals surface area contributed by atoms with Gasteiger partial charge in [0.05, 0.1) is 42.0 Å². The maximum absolute atomic E-state index is 18.9. The molecule has 5 aromatic carbocycles. The molecule has 1 atom stereocenters. The Hall–Kier alpha value is -6.66. The van der Waals surface area contributed by atoms with Crippen LogP contribution in [0.2, 0.25) is 0 Å². The number of rotatable bonds is 7. The third-order valence-electron chi connectivity index (χ3n) is 12.3. The van der Waals surface area contributed by atoms with E-state index >= 15 is 8.63 Å². The molecule has 2 aliphatic rings. The normalized spacial score (nSPS) is 17.3. The highest BCUT2D eigenvalue weighted by molar-refractivity contribution is 6.64. The fourth-order valence-corrected chi connectivity index (χ4v) is 9.45. The van der Waals surface area contributed by atoms with Gasteiger partial charge in [0.2, 0.25) is 0 Å². The van der Waals surface area contributed by atoms with Gasteiger partial charge in [-0.25, -0.2) is 0 Å². The van der Waals surface area contributed by atoms with Crippen LogP contribution in [0.5, 0.6) is 11.5 Å². The van der Waals surface area contributed by atoms with Gasteiger partial charge in [-0.2, -0.15) is 52.7 Å². The van der Waals surface area contributed by atoms with E-state index in [4.69, 9.17) is 9.47 Å². The highest BCUT2D eigenvalue weighted by Gasteiger charge is 2.56. The third kappa shape index (κ3) is 8.06. The Bertz CT molecular complexity index is 2960. The van der Waals surface area contributed by atoms with Crippen molar-refractivity contribution >= 4 is 18.1 Å². The van der Waals surface area contributed by atoms with Gasteiger partial charge < -0.3 is 27.4 Å². The first-order chi connectivity index (χ1) is 31.5. The largest absolute Gasteiger partial charge is 0.530 e. The molecule has 1 unspecified atom stereocenters. The van der Waals surface area contributed by atoms with Crippen molar-refractivity contribution in [3.05, 3.63) is 176 Å². The van der Waals surface area contributed by atoms with Crippen LogP contribution in [0.4, 0.5) is 61.3 Å². The van der Waals surface area contributed by atoms with Gasteiger partial charge in [-0.15, -0.1) is 0 Å². The number of benzene rings is 5. The van der Waals surface area contributed by atoms with Crippen molar-refractivity contribution in [2.75, 3.05) is 14.2 Å². The standard InChI is InChI=1S/C49H36BF14N2O2/c1-25-15-26(2)41(27(3)16-25)42-43-38(29-17-32(46(51,52)53)21-33(18-29)47(54,55)56)23-40(28-7-11-36(67-5)12-8-28)65(43)50(63,64)66-44(42)39(24-45(66,4)31-9-13-37(68-6)14-10-31)30-19-34(48(57,58)59)22-35(20-30)49(60,61)62/h7-24H,1-6H3/q-1. The molecule has 4 nitrogen and oxygen atoms in total. The number of alkyl halides is 12. The van der Waals surface area contributed by atoms with E-state index in [0.717, 1.165) is 12.1 Å². The van der Waals surface area contributed by atoms with E-state index in [9.17, 15) is 52.7 Å². The maximum Gasteiger partial charge on any atom is 0.530 e. The highest BCUT2D eigenvalue weighted by Crippen LogP contribution is 2.59. The van der Waals surface area contributed by atoms with E-state index in [-0.39, 0.29) is 45.9 Å². The average molecular weight is 962 g/mol. The SMILES string of the molecule is COc1ccc(-c2cc(-c3cc(C(F)(F)F)cc(C(F)(F)F)c3)c3n2[B-](F)(F)N2C(=C3c3c(C)cc(C)cc3C)C(c3cc(C(F)(F)F)cc(C(F)(F)F)c3)=CC2(C)c2ccc(OC)cc2)cc1. The van der Waals surface area contributed by atoms with Crippen LogP contribution in [0.15, 0.2) is 115 Å². The lowest BCUT2D eigenvalue weighted by atomic mass is 9.76. The molecule has 3 heterocycles. The number of aryl methyl sites for hydroxylation is 3. The van der Waals surface area contributed by atoms with Gasteiger partial charge in [0.1, 0.15) is 11.5 Å². The van der Waals surface area contributed by atoms with E-state index in [2.05, 4.69) is 0 Å². The first-order valence-corrected chi connectivity index (χ1v) is 20.5. The van der Waals surface area contributed by atoms with Crippen molar-refractivity contribution < 1.29 is 70.8 Å². The predicted molar refractivity (Wildman–Crippen MR) is 229 cm³/mol. The second-order valence-electron chi connectivity index (χ2n) is 16.9. The van der Waals surface area contributed by atoms with Gasteiger partial charge in [-0.1, -0.05) is 29.8 Å². The van der Waals surface area contributed by atoms with Gasteiger partial charge >= 0.3 is 31.7 Å². The van der Waals surface area contributed by atoms with Gasteiger partial charge in [0.15, 0.2) is 0 Å². The molecule has 8 rings (SSSR count). The van der Waals surface area contributed by atoms with E-state index < -0.39 is 98.8 Å². The van der Waals surface area contributed by atoms with Gasteiger partial charge in [-0.05, 0) is 152 Å². The summed E-state index contributed by atoms with van der Waals surface area (Å²) in [6, 6.07) is 16.4. The molecule has 0 radical (unpaired) electrons. The molecule has 68 heavy (non-hydrogen) atoms. The van der Waals surface area contributed by atoms with Crippen LogP contribution in [0, 0.1) is 20.8 Å². The van der Waals surface area contributed by atoms with E-state index in [1.54, 1.807) is 32.9 Å². The minimum atomic E-state index is -5.52. The lowest BCUT2D eigenvalue weighted by molar-refractivity contribution is -0.144. The summed E-state index contributed by atoms with van der Waals surface area (Å²) in [6.45, 7) is 0.526. The van der Waals surface area contributed by atoms with E-state index in [1.807, 2.05) is 0 Å². The Morgan fingerprint density at radius 2 is 0.956 bits per heavy atom. The zero-order chi connectivity index (χ0) is 49.8. The number of ether oxygens (including phenoxy) is 2. The molecule has 0 N–H and O–H groups in total. The van der Waals surface area contributed by atoms with Crippen molar-refractivity contribution in [1.29, 1.82) is 0 Å². The molecule has 0 fully saturated rings. The Morgan fingerprint density at radius 3 is 1.38 bits per heavy atom. The summed E-state index contributed by atoms with van der Waals surface area (Å²) >= 11 is 0. The monoisotopic (exact) mass is 961 g/mol. The minimum absolute atomic E-state index is 0.0192. The van der Waals surface area contributed by atoms with Crippen molar-refractivity contribution in [1.82, 2.24) is 9.29 Å². The molecule has 0 amide bonds. The topological polar surface area (TPSA) is 26.6 Å². The molecule has 19 heteroatoms. The van der Waals surface area contributed by atoms with Crippen LogP contribution >= 0.6 is 0 Å². The Labute approximate surface area is 379 Å². The smallest absolute Gasteiger partial charge is 0.497 e.